The van der Waals surface area contributed by atoms with Crippen LogP contribution in [0.3, 0.4) is 0 Å². The van der Waals surface area contributed by atoms with Crippen LogP contribution in [0.25, 0.3) is 0 Å². The second-order valence-electron chi connectivity index (χ2n) is 7.38. The first-order valence-corrected chi connectivity index (χ1v) is 11.3. The molecule has 156 valence electrons. The number of sulfonamides is 1. The topological polar surface area (TPSA) is 75.7 Å². The van der Waals surface area contributed by atoms with Crippen molar-refractivity contribution in [1.29, 1.82) is 0 Å². The van der Waals surface area contributed by atoms with Gasteiger partial charge in [0.2, 0.25) is 15.9 Å². The first-order valence-electron chi connectivity index (χ1n) is 9.88. The van der Waals surface area contributed by atoms with Gasteiger partial charge in [0.15, 0.2) is 0 Å². The molecule has 0 radical (unpaired) electrons. The van der Waals surface area contributed by atoms with Gasteiger partial charge in [-0.3, -0.25) is 4.79 Å². The summed E-state index contributed by atoms with van der Waals surface area (Å²) in [5, 5.41) is 2.96. The Bertz CT molecular complexity index is 945. The summed E-state index contributed by atoms with van der Waals surface area (Å²) in [7, 11) is -2.27. The lowest BCUT2D eigenvalue weighted by Crippen LogP contribution is -2.45. The number of nitrogens with one attached hydrogen (secondary N) is 1. The van der Waals surface area contributed by atoms with Gasteiger partial charge < -0.3 is 10.1 Å². The lowest BCUT2D eigenvalue weighted by Gasteiger charge is -2.31. The minimum Gasteiger partial charge on any atom is -0.495 e. The van der Waals surface area contributed by atoms with Crippen LogP contribution in [0.5, 0.6) is 5.75 Å². The van der Waals surface area contributed by atoms with Crippen LogP contribution in [0.4, 0.5) is 0 Å². The average molecular weight is 417 g/mol. The van der Waals surface area contributed by atoms with Crippen LogP contribution in [-0.2, 0) is 21.2 Å². The van der Waals surface area contributed by atoms with E-state index in [1.807, 2.05) is 43.3 Å². The van der Waals surface area contributed by atoms with Crippen LogP contribution in [0.15, 0.2) is 53.4 Å². The van der Waals surface area contributed by atoms with Crippen LogP contribution < -0.4 is 10.1 Å². The number of aryl methyl sites for hydroxylation is 1. The van der Waals surface area contributed by atoms with Crippen LogP contribution in [0, 0.1) is 12.8 Å². The van der Waals surface area contributed by atoms with Gasteiger partial charge >= 0.3 is 0 Å². The highest BCUT2D eigenvalue weighted by atomic mass is 32.2. The van der Waals surface area contributed by atoms with Gasteiger partial charge in [0, 0.05) is 19.6 Å². The molecule has 3 rings (SSSR count). The fourth-order valence-electron chi connectivity index (χ4n) is 3.62. The summed E-state index contributed by atoms with van der Waals surface area (Å²) >= 11 is 0. The fourth-order valence-corrected chi connectivity index (χ4v) is 5.38. The number of carbonyl (C=O) groups excluding carboxylic acids is 1. The first kappa shape index (κ1) is 21.3. The maximum Gasteiger partial charge on any atom is 0.246 e. The summed E-state index contributed by atoms with van der Waals surface area (Å²) in [6.07, 6.45) is 2.10. The second-order valence-corrected chi connectivity index (χ2v) is 9.29. The molecule has 1 amide bonds. The molecule has 0 spiro atoms. The minimum absolute atomic E-state index is 0.0861. The standard InChI is InChI=1S/C22H28N2O4S/c1-17-10-11-20(28-2)21(15-17)29(26,27)24-14-6-9-19(16-24)22(25)23-13-12-18-7-4-3-5-8-18/h3-5,7-8,10-11,15,19H,6,9,12-14,16H2,1-2H3,(H,23,25). The van der Waals surface area contributed by atoms with Crippen molar-refractivity contribution in [2.75, 3.05) is 26.7 Å². The number of rotatable bonds is 7. The summed E-state index contributed by atoms with van der Waals surface area (Å²) < 4.78 is 33.1. The molecule has 2 aromatic rings. The van der Waals surface area contributed by atoms with Crippen molar-refractivity contribution < 1.29 is 17.9 Å². The number of carbonyl (C=O) groups is 1. The Morgan fingerprint density at radius 1 is 1.21 bits per heavy atom. The summed E-state index contributed by atoms with van der Waals surface area (Å²) in [4.78, 5) is 12.8. The van der Waals surface area contributed by atoms with E-state index in [1.165, 1.54) is 11.4 Å². The van der Waals surface area contributed by atoms with Crippen molar-refractivity contribution in [2.45, 2.75) is 31.1 Å². The molecule has 29 heavy (non-hydrogen) atoms. The Morgan fingerprint density at radius 3 is 2.69 bits per heavy atom. The average Bonchev–Trinajstić information content (AvgIpc) is 2.74. The zero-order chi connectivity index (χ0) is 20.9. The van der Waals surface area contributed by atoms with Gasteiger partial charge in [-0.2, -0.15) is 4.31 Å². The molecule has 2 aromatic carbocycles. The van der Waals surface area contributed by atoms with Crippen molar-refractivity contribution in [3.8, 4) is 5.75 Å². The van der Waals surface area contributed by atoms with E-state index in [2.05, 4.69) is 5.32 Å². The molecule has 0 aliphatic carbocycles. The quantitative estimate of drug-likeness (QED) is 0.753. The van der Waals surface area contributed by atoms with E-state index in [4.69, 9.17) is 4.74 Å². The molecule has 1 unspecified atom stereocenters. The monoisotopic (exact) mass is 416 g/mol. The molecule has 7 heteroatoms. The SMILES string of the molecule is COc1ccc(C)cc1S(=O)(=O)N1CCCC(C(=O)NCCc2ccccc2)C1. The third kappa shape index (κ3) is 5.16. The molecule has 1 heterocycles. The third-order valence-electron chi connectivity index (χ3n) is 5.25. The van der Waals surface area contributed by atoms with E-state index >= 15 is 0 Å². The Labute approximate surface area is 172 Å². The van der Waals surface area contributed by atoms with E-state index in [0.29, 0.717) is 31.7 Å². The first-order chi connectivity index (χ1) is 13.9. The van der Waals surface area contributed by atoms with Gasteiger partial charge in [-0.15, -0.1) is 0 Å². The maximum absolute atomic E-state index is 13.2. The predicted octanol–water partition coefficient (Wildman–Crippen LogP) is 2.76. The van der Waals surface area contributed by atoms with E-state index < -0.39 is 10.0 Å². The van der Waals surface area contributed by atoms with E-state index in [9.17, 15) is 13.2 Å². The molecule has 1 N–H and O–H groups in total. The third-order valence-corrected chi connectivity index (χ3v) is 7.13. The van der Waals surface area contributed by atoms with Gasteiger partial charge in [0.25, 0.3) is 0 Å². The molecule has 1 fully saturated rings. The minimum atomic E-state index is -3.73. The molecule has 0 aromatic heterocycles. The number of benzene rings is 2. The van der Waals surface area contributed by atoms with Gasteiger partial charge in [0.05, 0.1) is 13.0 Å². The van der Waals surface area contributed by atoms with Gasteiger partial charge in [0.1, 0.15) is 10.6 Å². The Balaban J connectivity index is 1.65. The molecular formula is C22H28N2O4S. The predicted molar refractivity (Wildman–Crippen MR) is 112 cm³/mol. The number of piperidine rings is 1. The zero-order valence-electron chi connectivity index (χ0n) is 16.9. The molecule has 1 aliphatic rings. The lowest BCUT2D eigenvalue weighted by molar-refractivity contribution is -0.126. The summed E-state index contributed by atoms with van der Waals surface area (Å²) in [6, 6.07) is 15.1. The summed E-state index contributed by atoms with van der Waals surface area (Å²) in [5.74, 6) is -0.104. The number of amides is 1. The molecule has 6 nitrogen and oxygen atoms in total. The van der Waals surface area contributed by atoms with E-state index in [1.54, 1.807) is 12.1 Å². The zero-order valence-corrected chi connectivity index (χ0v) is 17.7. The molecular weight excluding hydrogens is 388 g/mol. The number of methoxy groups -OCH3 is 1. The lowest BCUT2D eigenvalue weighted by atomic mass is 9.99. The highest BCUT2D eigenvalue weighted by Crippen LogP contribution is 2.30. The molecule has 1 saturated heterocycles. The van der Waals surface area contributed by atoms with Crippen molar-refractivity contribution in [1.82, 2.24) is 9.62 Å². The van der Waals surface area contributed by atoms with Crippen LogP contribution >= 0.6 is 0 Å². The van der Waals surface area contributed by atoms with Crippen molar-refractivity contribution in [3.63, 3.8) is 0 Å². The summed E-state index contributed by atoms with van der Waals surface area (Å²) in [5.41, 5.74) is 2.00. The van der Waals surface area contributed by atoms with Gasteiger partial charge in [-0.1, -0.05) is 36.4 Å². The van der Waals surface area contributed by atoms with Crippen molar-refractivity contribution >= 4 is 15.9 Å². The van der Waals surface area contributed by atoms with E-state index in [0.717, 1.165) is 17.5 Å². The second kappa shape index (κ2) is 9.41. The maximum atomic E-state index is 13.2. The number of hydrogen-bond acceptors (Lipinski definition) is 4. The van der Waals surface area contributed by atoms with Crippen LogP contribution in [0.1, 0.15) is 24.0 Å². The van der Waals surface area contributed by atoms with Crippen LogP contribution in [0.2, 0.25) is 0 Å². The van der Waals surface area contributed by atoms with Crippen molar-refractivity contribution in [2.24, 2.45) is 5.92 Å². The van der Waals surface area contributed by atoms with Gasteiger partial charge in [-0.05, 0) is 49.4 Å². The Morgan fingerprint density at radius 2 is 1.97 bits per heavy atom. The van der Waals surface area contributed by atoms with Gasteiger partial charge in [-0.25, -0.2) is 8.42 Å². The van der Waals surface area contributed by atoms with Crippen LogP contribution in [-0.4, -0.2) is 45.4 Å². The van der Waals surface area contributed by atoms with E-state index in [-0.39, 0.29) is 23.3 Å². The largest absolute Gasteiger partial charge is 0.495 e. The molecule has 1 atom stereocenters. The summed E-state index contributed by atoms with van der Waals surface area (Å²) in [6.45, 7) is 2.99. The normalized spacial score (nSPS) is 17.7. The Kier molecular flexibility index (Phi) is 6.92. The highest BCUT2D eigenvalue weighted by molar-refractivity contribution is 7.89. The molecule has 0 saturated carbocycles. The molecule has 1 aliphatic heterocycles. The smallest absolute Gasteiger partial charge is 0.246 e. The Hall–Kier alpha value is -2.38. The van der Waals surface area contributed by atoms with Crippen molar-refractivity contribution in [3.05, 3.63) is 59.7 Å². The number of nitrogens with zero attached hydrogens (tertiary/aromatic N) is 1. The molecule has 0 bridgehead atoms. The number of ether oxygens (including phenoxy) is 1. The fraction of sp³-hybridized carbons (Fsp3) is 0.409. The highest BCUT2D eigenvalue weighted by Gasteiger charge is 2.34. The number of hydrogen-bond donors (Lipinski definition) is 1.